The van der Waals surface area contributed by atoms with Crippen molar-refractivity contribution in [3.05, 3.63) is 35.1 Å². The van der Waals surface area contributed by atoms with Crippen LogP contribution >= 0.6 is 11.6 Å². The van der Waals surface area contributed by atoms with Crippen LogP contribution in [0.2, 0.25) is 5.02 Å². The summed E-state index contributed by atoms with van der Waals surface area (Å²) in [5.74, 6) is 1.01. The van der Waals surface area contributed by atoms with E-state index in [4.69, 9.17) is 16.3 Å². The highest BCUT2D eigenvalue weighted by Gasteiger charge is 2.33. The molecule has 23 heavy (non-hydrogen) atoms. The zero-order valence-electron chi connectivity index (χ0n) is 13.4. The van der Waals surface area contributed by atoms with Crippen LogP contribution in [0.5, 0.6) is 5.88 Å². The lowest BCUT2D eigenvalue weighted by molar-refractivity contribution is 0.0966. The largest absolute Gasteiger partial charge is 0.477 e. The molecule has 0 saturated heterocycles. The molecule has 0 spiro atoms. The van der Waals surface area contributed by atoms with Crippen molar-refractivity contribution in [1.29, 1.82) is 0 Å². The van der Waals surface area contributed by atoms with Gasteiger partial charge in [-0.2, -0.15) is 5.10 Å². The van der Waals surface area contributed by atoms with Crippen LogP contribution in [-0.2, 0) is 0 Å². The van der Waals surface area contributed by atoms with Crippen LogP contribution < -0.4 is 9.64 Å². The van der Waals surface area contributed by atoms with Crippen LogP contribution in [0.1, 0.15) is 43.6 Å². The molecule has 122 valence electrons. The van der Waals surface area contributed by atoms with Crippen LogP contribution in [-0.4, -0.2) is 33.3 Å². The first-order chi connectivity index (χ1) is 11.0. The Balaban J connectivity index is 1.94. The molecular formula is C16H19ClN4O2. The van der Waals surface area contributed by atoms with E-state index in [-0.39, 0.29) is 18.0 Å². The Hall–Kier alpha value is -2.08. The zero-order chi connectivity index (χ0) is 16.6. The number of hydrogen-bond donors (Lipinski definition) is 0. The predicted molar refractivity (Wildman–Crippen MR) is 88.2 cm³/mol. The molecule has 7 heteroatoms. The van der Waals surface area contributed by atoms with Crippen LogP contribution in [0, 0.1) is 0 Å². The van der Waals surface area contributed by atoms with Gasteiger partial charge in [0.25, 0.3) is 5.91 Å². The number of carbonyl (C=O) groups is 1. The maximum absolute atomic E-state index is 12.9. The molecule has 3 rings (SSSR count). The summed E-state index contributed by atoms with van der Waals surface area (Å²) in [6.07, 6.45) is 4.07. The van der Waals surface area contributed by atoms with Crippen molar-refractivity contribution in [2.24, 2.45) is 0 Å². The summed E-state index contributed by atoms with van der Waals surface area (Å²) in [4.78, 5) is 18.8. The number of amides is 1. The van der Waals surface area contributed by atoms with E-state index >= 15 is 0 Å². The van der Waals surface area contributed by atoms with Crippen molar-refractivity contribution in [2.75, 3.05) is 11.5 Å². The Morgan fingerprint density at radius 3 is 2.91 bits per heavy atom. The highest BCUT2D eigenvalue weighted by molar-refractivity contribution is 6.32. The van der Waals surface area contributed by atoms with E-state index in [0.717, 1.165) is 12.2 Å². The molecule has 0 fully saturated rings. The summed E-state index contributed by atoms with van der Waals surface area (Å²) in [5, 5.41) is 4.65. The Bertz CT molecular complexity index is 731. The first-order valence-electron chi connectivity index (χ1n) is 7.68. The minimum Gasteiger partial charge on any atom is -0.477 e. The van der Waals surface area contributed by atoms with Gasteiger partial charge in [-0.3, -0.25) is 9.69 Å². The molecule has 0 N–H and O–H groups in total. The number of rotatable bonds is 3. The van der Waals surface area contributed by atoms with Crippen LogP contribution in [0.3, 0.4) is 0 Å². The van der Waals surface area contributed by atoms with Gasteiger partial charge in [-0.25, -0.2) is 9.67 Å². The fourth-order valence-corrected chi connectivity index (χ4v) is 3.21. The number of ether oxygens (including phenoxy) is 1. The SMILES string of the molecule is CCOc1ncc(C(=O)N2c3ccnn3[C@H](C)C[C@@H]2C)cc1Cl. The number of fused-ring (bicyclic) bond motifs is 1. The highest BCUT2D eigenvalue weighted by atomic mass is 35.5. The number of aromatic nitrogens is 3. The lowest BCUT2D eigenvalue weighted by atomic mass is 10.0. The third-order valence-electron chi connectivity index (χ3n) is 3.99. The molecule has 2 aromatic rings. The van der Waals surface area contributed by atoms with Crippen molar-refractivity contribution in [3.63, 3.8) is 0 Å². The van der Waals surface area contributed by atoms with Gasteiger partial charge in [-0.15, -0.1) is 0 Å². The van der Waals surface area contributed by atoms with Crippen molar-refractivity contribution >= 4 is 23.3 Å². The molecule has 0 saturated carbocycles. The number of carbonyl (C=O) groups excluding carboxylic acids is 1. The topological polar surface area (TPSA) is 60.2 Å². The van der Waals surface area contributed by atoms with Crippen LogP contribution in [0.15, 0.2) is 24.5 Å². The summed E-state index contributed by atoms with van der Waals surface area (Å²) in [6.45, 7) is 6.47. The number of hydrogen-bond acceptors (Lipinski definition) is 4. The van der Waals surface area contributed by atoms with Crippen molar-refractivity contribution in [2.45, 2.75) is 39.3 Å². The Labute approximate surface area is 140 Å². The lowest BCUT2D eigenvalue weighted by Crippen LogP contribution is -2.45. The summed E-state index contributed by atoms with van der Waals surface area (Å²) in [5.41, 5.74) is 0.438. The van der Waals surface area contributed by atoms with E-state index in [1.807, 2.05) is 24.6 Å². The smallest absolute Gasteiger partial charge is 0.261 e. The van der Waals surface area contributed by atoms with Gasteiger partial charge in [-0.1, -0.05) is 11.6 Å². The second-order valence-corrected chi connectivity index (χ2v) is 6.09. The molecule has 2 atom stereocenters. The van der Waals surface area contributed by atoms with E-state index in [9.17, 15) is 4.79 Å². The molecule has 0 radical (unpaired) electrons. The molecular weight excluding hydrogens is 316 g/mol. The molecule has 1 aliphatic heterocycles. The Kier molecular flexibility index (Phi) is 4.26. The predicted octanol–water partition coefficient (Wildman–Crippen LogP) is 3.33. The first-order valence-corrected chi connectivity index (χ1v) is 8.06. The summed E-state index contributed by atoms with van der Waals surface area (Å²) in [6, 6.07) is 3.80. The summed E-state index contributed by atoms with van der Waals surface area (Å²) < 4.78 is 7.19. The summed E-state index contributed by atoms with van der Waals surface area (Å²) in [7, 11) is 0. The number of pyridine rings is 1. The second-order valence-electron chi connectivity index (χ2n) is 5.69. The first kappa shape index (κ1) is 15.8. The van der Waals surface area contributed by atoms with E-state index in [1.54, 1.807) is 17.2 Å². The minimum atomic E-state index is -0.136. The van der Waals surface area contributed by atoms with Gasteiger partial charge in [-0.05, 0) is 33.3 Å². The van der Waals surface area contributed by atoms with Gasteiger partial charge in [0.2, 0.25) is 5.88 Å². The van der Waals surface area contributed by atoms with Crippen molar-refractivity contribution < 1.29 is 9.53 Å². The number of halogens is 1. The van der Waals surface area contributed by atoms with Gasteiger partial charge in [0.15, 0.2) is 0 Å². The minimum absolute atomic E-state index is 0.0760. The molecule has 1 amide bonds. The molecule has 1 aliphatic rings. The average Bonchev–Trinajstić information content (AvgIpc) is 2.99. The van der Waals surface area contributed by atoms with Crippen LogP contribution in [0.4, 0.5) is 5.82 Å². The quantitative estimate of drug-likeness (QED) is 0.863. The van der Waals surface area contributed by atoms with E-state index < -0.39 is 0 Å². The maximum atomic E-state index is 12.9. The lowest BCUT2D eigenvalue weighted by Gasteiger charge is -2.37. The number of nitrogens with zero attached hydrogens (tertiary/aromatic N) is 4. The molecule has 0 unspecified atom stereocenters. The third-order valence-corrected chi connectivity index (χ3v) is 4.26. The summed E-state index contributed by atoms with van der Waals surface area (Å²) >= 11 is 6.15. The second kappa shape index (κ2) is 6.20. The maximum Gasteiger partial charge on any atom is 0.261 e. The molecule has 6 nitrogen and oxygen atoms in total. The van der Waals surface area contributed by atoms with E-state index in [1.165, 1.54) is 6.20 Å². The fourth-order valence-electron chi connectivity index (χ4n) is 2.99. The third kappa shape index (κ3) is 2.79. The van der Waals surface area contributed by atoms with Gasteiger partial charge < -0.3 is 4.74 Å². The van der Waals surface area contributed by atoms with Gasteiger partial charge in [0.1, 0.15) is 10.8 Å². The molecule has 3 heterocycles. The fraction of sp³-hybridized carbons (Fsp3) is 0.438. The number of anilines is 1. The molecule has 2 aromatic heterocycles. The Morgan fingerprint density at radius 2 is 2.22 bits per heavy atom. The van der Waals surface area contributed by atoms with E-state index in [0.29, 0.717) is 23.1 Å². The Morgan fingerprint density at radius 1 is 1.43 bits per heavy atom. The van der Waals surface area contributed by atoms with Gasteiger partial charge >= 0.3 is 0 Å². The standard InChI is InChI=1S/C16H19ClN4O2/c1-4-23-15-13(17)8-12(9-18-15)16(22)20-10(2)7-11(3)21-14(20)5-6-19-21/h5-6,8-11H,4,7H2,1-3H3/t10-,11+/m0/s1. The monoisotopic (exact) mass is 334 g/mol. The van der Waals surface area contributed by atoms with Crippen molar-refractivity contribution in [1.82, 2.24) is 14.8 Å². The normalized spacial score (nSPS) is 20.3. The van der Waals surface area contributed by atoms with Gasteiger partial charge in [0.05, 0.1) is 24.4 Å². The van der Waals surface area contributed by atoms with Crippen molar-refractivity contribution in [3.8, 4) is 5.88 Å². The van der Waals surface area contributed by atoms with Gasteiger partial charge in [0, 0.05) is 18.3 Å². The van der Waals surface area contributed by atoms with Crippen LogP contribution in [0.25, 0.3) is 0 Å². The zero-order valence-corrected chi connectivity index (χ0v) is 14.1. The molecule has 0 aromatic carbocycles. The highest BCUT2D eigenvalue weighted by Crippen LogP contribution is 2.33. The van der Waals surface area contributed by atoms with E-state index in [2.05, 4.69) is 17.0 Å². The molecule has 0 bridgehead atoms. The average molecular weight is 335 g/mol. The molecule has 0 aliphatic carbocycles.